The van der Waals surface area contributed by atoms with E-state index in [2.05, 4.69) is 20.5 Å². The fourth-order valence-electron chi connectivity index (χ4n) is 3.58. The molecule has 32 heavy (non-hydrogen) atoms. The van der Waals surface area contributed by atoms with Crippen LogP contribution in [0.5, 0.6) is 5.75 Å². The van der Waals surface area contributed by atoms with Crippen LogP contribution >= 0.6 is 0 Å². The third-order valence-corrected chi connectivity index (χ3v) is 5.41. The first-order chi connectivity index (χ1) is 15.5. The average molecular weight is 440 g/mol. The molecule has 0 bridgehead atoms. The van der Waals surface area contributed by atoms with Crippen LogP contribution in [0.1, 0.15) is 23.3 Å². The van der Waals surface area contributed by atoms with Gasteiger partial charge < -0.3 is 25.2 Å². The summed E-state index contributed by atoms with van der Waals surface area (Å²) in [4.78, 5) is 33.6. The van der Waals surface area contributed by atoms with E-state index in [4.69, 9.17) is 4.74 Å². The molecule has 0 radical (unpaired) electrons. The predicted octanol–water partition coefficient (Wildman–Crippen LogP) is 1.78. The van der Waals surface area contributed by atoms with E-state index in [1.54, 1.807) is 6.07 Å². The summed E-state index contributed by atoms with van der Waals surface area (Å²) in [5.41, 5.74) is 0.380. The highest BCUT2D eigenvalue weighted by molar-refractivity contribution is 5.92. The van der Waals surface area contributed by atoms with E-state index in [0.29, 0.717) is 25.4 Å². The SMILES string of the molecule is CN(C)CCNC(=O)C1CCN(c2cccc(C(=O)NCCOc3ccccc3)n2)CC1. The first-order valence-corrected chi connectivity index (χ1v) is 11.1. The molecular formula is C24H33N5O3. The number of carbonyl (C=O) groups is 2. The number of para-hydroxylation sites is 1. The zero-order valence-electron chi connectivity index (χ0n) is 18.9. The lowest BCUT2D eigenvalue weighted by molar-refractivity contribution is -0.125. The third kappa shape index (κ3) is 7.23. The van der Waals surface area contributed by atoms with Gasteiger partial charge in [0.15, 0.2) is 0 Å². The summed E-state index contributed by atoms with van der Waals surface area (Å²) in [5.74, 6) is 1.48. The number of nitrogens with one attached hydrogen (secondary N) is 2. The summed E-state index contributed by atoms with van der Waals surface area (Å²) in [6.45, 7) is 3.78. The average Bonchev–Trinajstić information content (AvgIpc) is 2.82. The molecule has 2 heterocycles. The zero-order valence-corrected chi connectivity index (χ0v) is 18.9. The van der Waals surface area contributed by atoms with Crippen molar-refractivity contribution in [3.63, 3.8) is 0 Å². The number of hydrogen-bond donors (Lipinski definition) is 2. The van der Waals surface area contributed by atoms with Gasteiger partial charge in [0, 0.05) is 32.1 Å². The van der Waals surface area contributed by atoms with E-state index in [0.717, 1.165) is 44.0 Å². The van der Waals surface area contributed by atoms with Gasteiger partial charge in [0.25, 0.3) is 5.91 Å². The second-order valence-electron chi connectivity index (χ2n) is 8.15. The normalized spacial score (nSPS) is 14.3. The van der Waals surface area contributed by atoms with Crippen LogP contribution in [-0.4, -0.2) is 75.1 Å². The summed E-state index contributed by atoms with van der Waals surface area (Å²) >= 11 is 0. The molecule has 1 aromatic carbocycles. The van der Waals surface area contributed by atoms with Gasteiger partial charge in [-0.1, -0.05) is 24.3 Å². The van der Waals surface area contributed by atoms with Crippen LogP contribution in [0.25, 0.3) is 0 Å². The maximum Gasteiger partial charge on any atom is 0.270 e. The molecule has 1 fully saturated rings. The molecule has 2 aromatic rings. The van der Waals surface area contributed by atoms with E-state index in [9.17, 15) is 9.59 Å². The Morgan fingerprint density at radius 3 is 2.50 bits per heavy atom. The van der Waals surface area contributed by atoms with Gasteiger partial charge in [-0.25, -0.2) is 4.98 Å². The van der Waals surface area contributed by atoms with Crippen molar-refractivity contribution in [1.82, 2.24) is 20.5 Å². The Morgan fingerprint density at radius 2 is 1.78 bits per heavy atom. The second kappa shape index (κ2) is 12.0. The van der Waals surface area contributed by atoms with Crippen LogP contribution in [-0.2, 0) is 4.79 Å². The van der Waals surface area contributed by atoms with Gasteiger partial charge in [0.05, 0.1) is 6.54 Å². The minimum Gasteiger partial charge on any atom is -0.492 e. The number of benzene rings is 1. The van der Waals surface area contributed by atoms with E-state index < -0.39 is 0 Å². The Morgan fingerprint density at radius 1 is 1.03 bits per heavy atom. The summed E-state index contributed by atoms with van der Waals surface area (Å²) < 4.78 is 5.60. The molecule has 172 valence electrons. The molecule has 1 aliphatic heterocycles. The Bertz CT molecular complexity index is 867. The second-order valence-corrected chi connectivity index (χ2v) is 8.15. The third-order valence-electron chi connectivity index (χ3n) is 5.41. The maximum atomic E-state index is 12.5. The Labute approximate surface area is 190 Å². The summed E-state index contributed by atoms with van der Waals surface area (Å²) in [6.07, 6.45) is 1.56. The number of hydrogen-bond acceptors (Lipinski definition) is 6. The highest BCUT2D eigenvalue weighted by atomic mass is 16.5. The van der Waals surface area contributed by atoms with Gasteiger partial charge in [-0.3, -0.25) is 9.59 Å². The van der Waals surface area contributed by atoms with Crippen LogP contribution in [0.2, 0.25) is 0 Å². The Hall–Kier alpha value is -3.13. The number of piperidine rings is 1. The van der Waals surface area contributed by atoms with Gasteiger partial charge in [0.1, 0.15) is 23.9 Å². The van der Waals surface area contributed by atoms with E-state index in [1.807, 2.05) is 61.5 Å². The molecule has 1 aromatic heterocycles. The molecule has 0 saturated carbocycles. The number of ether oxygens (including phenoxy) is 1. The number of aromatic nitrogens is 1. The largest absolute Gasteiger partial charge is 0.492 e. The van der Waals surface area contributed by atoms with Gasteiger partial charge in [-0.05, 0) is 51.2 Å². The molecule has 0 aliphatic carbocycles. The molecule has 2 N–H and O–H groups in total. The predicted molar refractivity (Wildman–Crippen MR) is 125 cm³/mol. The van der Waals surface area contributed by atoms with Crippen molar-refractivity contribution in [2.24, 2.45) is 5.92 Å². The maximum absolute atomic E-state index is 12.5. The molecule has 0 unspecified atom stereocenters. The van der Waals surface area contributed by atoms with Crippen LogP contribution < -0.4 is 20.3 Å². The number of anilines is 1. The van der Waals surface area contributed by atoms with E-state index in [1.165, 1.54) is 0 Å². The van der Waals surface area contributed by atoms with Gasteiger partial charge >= 0.3 is 0 Å². The monoisotopic (exact) mass is 439 g/mol. The van der Waals surface area contributed by atoms with Crippen LogP contribution in [0.4, 0.5) is 5.82 Å². The smallest absolute Gasteiger partial charge is 0.270 e. The fourth-order valence-corrected chi connectivity index (χ4v) is 3.58. The van der Waals surface area contributed by atoms with Crippen molar-refractivity contribution in [1.29, 1.82) is 0 Å². The van der Waals surface area contributed by atoms with Crippen molar-refractivity contribution in [2.75, 3.05) is 58.3 Å². The minimum absolute atomic E-state index is 0.0320. The lowest BCUT2D eigenvalue weighted by Crippen LogP contribution is -2.42. The molecule has 2 amide bonds. The molecule has 0 spiro atoms. The standard InChI is InChI=1S/C24H33N5O3/c1-28(2)17-13-25-23(30)19-11-15-29(16-12-19)22-10-6-9-21(27-22)24(31)26-14-18-32-20-7-4-3-5-8-20/h3-10,19H,11-18H2,1-2H3,(H,25,30)(H,26,31). The highest BCUT2D eigenvalue weighted by Gasteiger charge is 2.25. The van der Waals surface area contributed by atoms with Crippen LogP contribution in [0, 0.1) is 5.92 Å². The number of likely N-dealkylation sites (N-methyl/N-ethyl adjacent to an activating group) is 1. The van der Waals surface area contributed by atoms with Crippen LogP contribution in [0.15, 0.2) is 48.5 Å². The van der Waals surface area contributed by atoms with Crippen molar-refractivity contribution in [3.8, 4) is 5.75 Å². The summed E-state index contributed by atoms with van der Waals surface area (Å²) in [6, 6.07) is 15.0. The van der Waals surface area contributed by atoms with Gasteiger partial charge in [0.2, 0.25) is 5.91 Å². The highest BCUT2D eigenvalue weighted by Crippen LogP contribution is 2.22. The minimum atomic E-state index is -0.223. The summed E-state index contributed by atoms with van der Waals surface area (Å²) in [7, 11) is 3.98. The molecule has 1 aliphatic rings. The molecule has 1 saturated heterocycles. The number of carbonyl (C=O) groups excluding carboxylic acids is 2. The number of nitrogens with zero attached hydrogens (tertiary/aromatic N) is 3. The van der Waals surface area contributed by atoms with Gasteiger partial charge in [-0.2, -0.15) is 0 Å². The van der Waals surface area contributed by atoms with Crippen molar-refractivity contribution in [2.45, 2.75) is 12.8 Å². The van der Waals surface area contributed by atoms with Crippen molar-refractivity contribution < 1.29 is 14.3 Å². The lowest BCUT2D eigenvalue weighted by Gasteiger charge is -2.32. The molecule has 3 rings (SSSR count). The first kappa shape index (κ1) is 23.5. The number of pyridine rings is 1. The van der Waals surface area contributed by atoms with E-state index >= 15 is 0 Å². The van der Waals surface area contributed by atoms with Gasteiger partial charge in [-0.15, -0.1) is 0 Å². The number of rotatable bonds is 10. The fraction of sp³-hybridized carbons (Fsp3) is 0.458. The lowest BCUT2D eigenvalue weighted by atomic mass is 9.96. The Balaban J connectivity index is 1.43. The molecule has 8 nitrogen and oxygen atoms in total. The van der Waals surface area contributed by atoms with Crippen molar-refractivity contribution in [3.05, 3.63) is 54.2 Å². The van der Waals surface area contributed by atoms with Crippen LogP contribution in [0.3, 0.4) is 0 Å². The van der Waals surface area contributed by atoms with Crippen molar-refractivity contribution >= 4 is 17.6 Å². The topological polar surface area (TPSA) is 86.8 Å². The molecular weight excluding hydrogens is 406 g/mol. The van der Waals surface area contributed by atoms with E-state index in [-0.39, 0.29) is 17.7 Å². The zero-order chi connectivity index (χ0) is 22.8. The summed E-state index contributed by atoms with van der Waals surface area (Å²) in [5, 5.41) is 5.87. The first-order valence-electron chi connectivity index (χ1n) is 11.1. The quantitative estimate of drug-likeness (QED) is 0.549. The molecule has 8 heteroatoms. The molecule has 0 atom stereocenters. The number of amides is 2. The Kier molecular flexibility index (Phi) is 8.86.